The molecule has 2 heteroatoms. The third-order valence-corrected chi connectivity index (χ3v) is 1.44. The fourth-order valence-electron chi connectivity index (χ4n) is 0.932. The van der Waals surface area contributed by atoms with Gasteiger partial charge in [0.05, 0.1) is 0 Å². The number of nitrogens with zero attached hydrogens (tertiary/aromatic N) is 1. The van der Waals surface area contributed by atoms with E-state index >= 15 is 0 Å². The highest BCUT2D eigenvalue weighted by Crippen LogP contribution is 2.08. The highest BCUT2D eigenvalue weighted by Gasteiger charge is 1.99. The molecule has 1 rings (SSSR count). The summed E-state index contributed by atoms with van der Waals surface area (Å²) in [6.07, 6.45) is 1.65. The summed E-state index contributed by atoms with van der Waals surface area (Å²) in [5, 5.41) is 11.3. The first kappa shape index (κ1) is 8.78. The number of benzene rings is 1. The van der Waals surface area contributed by atoms with Gasteiger partial charge in [0.15, 0.2) is 6.21 Å². The lowest BCUT2D eigenvalue weighted by molar-refractivity contribution is -0.357. The Morgan fingerprint density at radius 1 is 1.25 bits per heavy atom. The van der Waals surface area contributed by atoms with Crippen molar-refractivity contribution in [3.05, 3.63) is 35.5 Å². The molecule has 2 nitrogen and oxygen atoms in total. The van der Waals surface area contributed by atoms with Gasteiger partial charge in [-0.05, 0) is 0 Å². The van der Waals surface area contributed by atoms with Crippen LogP contribution in [0.2, 0.25) is 0 Å². The smallest absolute Gasteiger partial charge is 0.216 e. The van der Waals surface area contributed by atoms with Crippen molar-refractivity contribution in [3.63, 3.8) is 0 Å². The summed E-state index contributed by atoms with van der Waals surface area (Å²) in [4.78, 5) is 0. The summed E-state index contributed by atoms with van der Waals surface area (Å²) in [6, 6.07) is 9.20. The van der Waals surface area contributed by atoms with E-state index in [1.165, 1.54) is 0 Å². The van der Waals surface area contributed by atoms with Gasteiger partial charge in [-0.25, -0.2) is 0 Å². The van der Waals surface area contributed by atoms with Crippen LogP contribution in [-0.2, 0) is 0 Å². The van der Waals surface area contributed by atoms with Crippen LogP contribution in [0.4, 0.5) is 5.69 Å². The first-order valence-corrected chi connectivity index (χ1v) is 4.06. The fraction of sp³-hybridized carbons (Fsp3) is 0.300. The molecule has 12 heavy (non-hydrogen) atoms. The van der Waals surface area contributed by atoms with E-state index in [4.69, 9.17) is 0 Å². The molecule has 0 radical (unpaired) electrons. The van der Waals surface area contributed by atoms with Gasteiger partial charge in [0.2, 0.25) is 5.69 Å². The average Bonchev–Trinajstić information content (AvgIpc) is 2.05. The minimum Gasteiger partial charge on any atom is -0.619 e. The van der Waals surface area contributed by atoms with E-state index in [-0.39, 0.29) is 5.92 Å². The minimum absolute atomic E-state index is 0.280. The molecule has 0 aliphatic heterocycles. The Kier molecular flexibility index (Phi) is 2.86. The summed E-state index contributed by atoms with van der Waals surface area (Å²) in [7, 11) is 0. The summed E-state index contributed by atoms with van der Waals surface area (Å²) < 4.78 is 0.907. The Morgan fingerprint density at radius 3 is 2.33 bits per heavy atom. The van der Waals surface area contributed by atoms with Crippen molar-refractivity contribution >= 4 is 11.9 Å². The second kappa shape index (κ2) is 3.90. The molecule has 0 saturated carbocycles. The SMILES string of the molecule is CC(C)C=[N+]([O-])c1ccccc1. The monoisotopic (exact) mass is 163 g/mol. The topological polar surface area (TPSA) is 26.1 Å². The Balaban J connectivity index is 2.85. The third-order valence-electron chi connectivity index (χ3n) is 1.44. The lowest BCUT2D eigenvalue weighted by atomic mass is 10.2. The molecule has 0 spiro atoms. The molecule has 0 N–H and O–H groups in total. The fourth-order valence-corrected chi connectivity index (χ4v) is 0.932. The minimum atomic E-state index is 0.280. The van der Waals surface area contributed by atoms with Gasteiger partial charge in [0.25, 0.3) is 0 Å². The molecular weight excluding hydrogens is 150 g/mol. The molecule has 0 unspecified atom stereocenters. The van der Waals surface area contributed by atoms with Crippen molar-refractivity contribution < 1.29 is 4.74 Å². The summed E-state index contributed by atoms with van der Waals surface area (Å²) in [5.41, 5.74) is 0.686. The Labute approximate surface area is 72.7 Å². The number of hydrogen-bond acceptors (Lipinski definition) is 1. The van der Waals surface area contributed by atoms with Crippen LogP contribution >= 0.6 is 0 Å². The van der Waals surface area contributed by atoms with Gasteiger partial charge in [-0.15, -0.1) is 0 Å². The zero-order chi connectivity index (χ0) is 8.97. The van der Waals surface area contributed by atoms with Crippen LogP contribution in [0.3, 0.4) is 0 Å². The predicted octanol–water partition coefficient (Wildman–Crippen LogP) is 2.56. The van der Waals surface area contributed by atoms with Gasteiger partial charge >= 0.3 is 0 Å². The standard InChI is InChI=1S/C10H13NO/c1-9(2)8-11(12)10-6-4-3-5-7-10/h3-9H,1-2H3. The first-order valence-electron chi connectivity index (χ1n) is 4.06. The van der Waals surface area contributed by atoms with Gasteiger partial charge in [-0.2, -0.15) is 4.74 Å². The molecule has 1 aromatic rings. The van der Waals surface area contributed by atoms with E-state index in [0.29, 0.717) is 5.69 Å². The lowest BCUT2D eigenvalue weighted by Gasteiger charge is -2.02. The molecule has 0 saturated heterocycles. The van der Waals surface area contributed by atoms with Crippen LogP contribution in [0.15, 0.2) is 30.3 Å². The normalized spacial score (nSPS) is 12.1. The van der Waals surface area contributed by atoms with Crippen molar-refractivity contribution in [2.24, 2.45) is 5.92 Å². The van der Waals surface area contributed by atoms with E-state index < -0.39 is 0 Å². The zero-order valence-corrected chi connectivity index (χ0v) is 7.40. The highest BCUT2D eigenvalue weighted by atomic mass is 16.5. The second-order valence-electron chi connectivity index (χ2n) is 3.05. The predicted molar refractivity (Wildman–Crippen MR) is 50.6 cm³/mol. The highest BCUT2D eigenvalue weighted by molar-refractivity contribution is 5.56. The molecule has 0 bridgehead atoms. The molecule has 0 aromatic heterocycles. The van der Waals surface area contributed by atoms with Crippen LogP contribution in [-0.4, -0.2) is 11.0 Å². The van der Waals surface area contributed by atoms with Gasteiger partial charge in [0, 0.05) is 18.1 Å². The maximum atomic E-state index is 11.3. The van der Waals surface area contributed by atoms with E-state index in [9.17, 15) is 5.21 Å². The Bertz CT molecular complexity index is 264. The largest absolute Gasteiger partial charge is 0.619 e. The molecule has 0 atom stereocenters. The lowest BCUT2D eigenvalue weighted by Crippen LogP contribution is -2.02. The Hall–Kier alpha value is -1.31. The molecule has 0 heterocycles. The van der Waals surface area contributed by atoms with Crippen molar-refractivity contribution in [3.8, 4) is 0 Å². The first-order chi connectivity index (χ1) is 5.70. The molecule has 0 amide bonds. The molecule has 0 aliphatic rings. The summed E-state index contributed by atoms with van der Waals surface area (Å²) >= 11 is 0. The average molecular weight is 163 g/mol. The maximum absolute atomic E-state index is 11.3. The van der Waals surface area contributed by atoms with Crippen LogP contribution in [0.25, 0.3) is 0 Å². The zero-order valence-electron chi connectivity index (χ0n) is 7.40. The van der Waals surface area contributed by atoms with Gasteiger partial charge in [0.1, 0.15) is 0 Å². The van der Waals surface area contributed by atoms with E-state index in [1.54, 1.807) is 18.3 Å². The van der Waals surface area contributed by atoms with Crippen molar-refractivity contribution in [2.45, 2.75) is 13.8 Å². The summed E-state index contributed by atoms with van der Waals surface area (Å²) in [5.74, 6) is 0.280. The maximum Gasteiger partial charge on any atom is 0.216 e. The van der Waals surface area contributed by atoms with E-state index in [0.717, 1.165) is 4.74 Å². The molecule has 0 fully saturated rings. The second-order valence-corrected chi connectivity index (χ2v) is 3.05. The summed E-state index contributed by atoms with van der Waals surface area (Å²) in [6.45, 7) is 3.96. The van der Waals surface area contributed by atoms with Crippen LogP contribution in [0, 0.1) is 11.1 Å². The van der Waals surface area contributed by atoms with Crippen molar-refractivity contribution in [1.82, 2.24) is 0 Å². The number of para-hydroxylation sites is 1. The van der Waals surface area contributed by atoms with Crippen LogP contribution in [0.5, 0.6) is 0 Å². The number of rotatable bonds is 2. The molecular formula is C10H13NO. The van der Waals surface area contributed by atoms with Gasteiger partial charge in [-0.1, -0.05) is 32.0 Å². The quantitative estimate of drug-likeness (QED) is 0.285. The van der Waals surface area contributed by atoms with E-state index in [2.05, 4.69) is 0 Å². The van der Waals surface area contributed by atoms with Gasteiger partial charge < -0.3 is 5.21 Å². The van der Waals surface area contributed by atoms with Crippen molar-refractivity contribution in [2.75, 3.05) is 0 Å². The molecule has 64 valence electrons. The Morgan fingerprint density at radius 2 is 1.83 bits per heavy atom. The van der Waals surface area contributed by atoms with Crippen LogP contribution in [0.1, 0.15) is 13.8 Å². The molecule has 1 aromatic carbocycles. The van der Waals surface area contributed by atoms with Crippen LogP contribution < -0.4 is 0 Å². The van der Waals surface area contributed by atoms with Gasteiger partial charge in [-0.3, -0.25) is 0 Å². The van der Waals surface area contributed by atoms with Crippen molar-refractivity contribution in [1.29, 1.82) is 0 Å². The molecule has 0 aliphatic carbocycles. The number of hydrogen-bond donors (Lipinski definition) is 0. The third kappa shape index (κ3) is 2.38. The van der Waals surface area contributed by atoms with E-state index in [1.807, 2.05) is 32.0 Å².